The van der Waals surface area contributed by atoms with Gasteiger partial charge in [0.05, 0.1) is 52.3 Å². The van der Waals surface area contributed by atoms with Crippen molar-refractivity contribution < 1.29 is 0 Å². The average Bonchev–Trinajstić information content (AvgIpc) is 1.69. The zero-order valence-corrected chi connectivity index (χ0v) is 47.0. The summed E-state index contributed by atoms with van der Waals surface area (Å²) < 4.78 is 2.17. The van der Waals surface area contributed by atoms with E-state index < -0.39 is 0 Å². The largest absolute Gasteiger partial charge is 0.331 e. The summed E-state index contributed by atoms with van der Waals surface area (Å²) in [5.41, 5.74) is 23.5. The summed E-state index contributed by atoms with van der Waals surface area (Å²) in [7, 11) is 0. The van der Waals surface area contributed by atoms with E-state index in [1.54, 1.807) is 12.7 Å². The molecule has 0 saturated carbocycles. The Morgan fingerprint density at radius 3 is 1.08 bits per heavy atom. The maximum atomic E-state index is 5.49. The molecule has 0 amide bonds. The smallest absolute Gasteiger partial charge is 0.237 e. The maximum Gasteiger partial charge on any atom is 0.237 e. The number of anilines is 8. The molecule has 0 aliphatic carbocycles. The molecule has 11 aromatic carbocycles. The Morgan fingerprint density at radius 2 is 0.621 bits per heavy atom. The van der Waals surface area contributed by atoms with E-state index in [0.717, 1.165) is 77.9 Å². The molecular weight excluding hydrogens is 1060 g/mol. The number of benzene rings is 11. The van der Waals surface area contributed by atoms with Crippen molar-refractivity contribution in [3.05, 3.63) is 314 Å². The SMILES string of the molecule is c1ccc(-c2cc(-c3ccccc3)nc(N3c4ccc(-c5ccc6c(c5)c5cc(-c7ccc8c(c7)C7C(c9ccccc9N7c7ccccc7)N8c7ccccc7)ccc5n6-c5ncncn5)cc4C4C3c3ccccc3N4c3ccccc3)n2)cc1. The van der Waals surface area contributed by atoms with Crippen molar-refractivity contribution in [3.8, 4) is 50.7 Å². The first-order valence-corrected chi connectivity index (χ1v) is 29.7. The number of rotatable bonds is 9. The molecule has 0 saturated heterocycles. The number of para-hydroxylation sites is 5. The van der Waals surface area contributed by atoms with E-state index in [4.69, 9.17) is 19.9 Å². The van der Waals surface area contributed by atoms with Crippen LogP contribution in [0.1, 0.15) is 46.4 Å². The van der Waals surface area contributed by atoms with Crippen molar-refractivity contribution in [1.29, 1.82) is 0 Å². The summed E-state index contributed by atoms with van der Waals surface area (Å²) in [6.07, 6.45) is 3.15. The molecule has 18 rings (SSSR count). The van der Waals surface area contributed by atoms with Gasteiger partial charge in [-0.3, -0.25) is 4.57 Å². The maximum absolute atomic E-state index is 5.49. The molecule has 4 aliphatic rings. The molecule has 10 heteroatoms. The third kappa shape index (κ3) is 7.64. The number of hydrogen-bond donors (Lipinski definition) is 0. The van der Waals surface area contributed by atoms with Crippen molar-refractivity contribution in [2.45, 2.75) is 24.2 Å². The lowest BCUT2D eigenvalue weighted by Crippen LogP contribution is -2.25. The van der Waals surface area contributed by atoms with Crippen LogP contribution in [0.15, 0.2) is 292 Å². The Labute approximate surface area is 502 Å². The minimum absolute atomic E-state index is 0.0311. The zero-order chi connectivity index (χ0) is 57.1. The topological polar surface area (TPSA) is 82.3 Å². The van der Waals surface area contributed by atoms with Gasteiger partial charge in [0.1, 0.15) is 12.7 Å². The highest BCUT2D eigenvalue weighted by Crippen LogP contribution is 2.64. The van der Waals surface area contributed by atoms with Gasteiger partial charge in [-0.25, -0.2) is 24.9 Å². The van der Waals surface area contributed by atoms with Crippen LogP contribution in [0.5, 0.6) is 0 Å². The molecule has 7 heterocycles. The Morgan fingerprint density at radius 1 is 0.264 bits per heavy atom. The van der Waals surface area contributed by atoms with Crippen LogP contribution in [0.25, 0.3) is 72.5 Å². The highest BCUT2D eigenvalue weighted by molar-refractivity contribution is 6.11. The molecular formula is C77H52N10. The van der Waals surface area contributed by atoms with Crippen LogP contribution in [0.2, 0.25) is 0 Å². The van der Waals surface area contributed by atoms with Gasteiger partial charge < -0.3 is 19.6 Å². The van der Waals surface area contributed by atoms with Crippen LogP contribution in [0.3, 0.4) is 0 Å². The zero-order valence-electron chi connectivity index (χ0n) is 47.0. The summed E-state index contributed by atoms with van der Waals surface area (Å²) in [6.45, 7) is 0. The van der Waals surface area contributed by atoms with E-state index in [1.165, 1.54) is 50.7 Å². The lowest BCUT2D eigenvalue weighted by atomic mass is 9.95. The van der Waals surface area contributed by atoms with Crippen LogP contribution in [-0.4, -0.2) is 29.5 Å². The summed E-state index contributed by atoms with van der Waals surface area (Å²) in [5.74, 6) is 1.22. The van der Waals surface area contributed by atoms with Crippen LogP contribution < -0.4 is 19.6 Å². The molecule has 4 unspecified atom stereocenters. The molecule has 0 fully saturated rings. The molecule has 87 heavy (non-hydrogen) atoms. The Kier molecular flexibility index (Phi) is 11.0. The fraction of sp³-hybridized carbons (Fsp3) is 0.0519. The van der Waals surface area contributed by atoms with E-state index >= 15 is 0 Å². The monoisotopic (exact) mass is 1120 g/mol. The second kappa shape index (κ2) is 19.5. The number of aromatic nitrogens is 6. The van der Waals surface area contributed by atoms with Gasteiger partial charge in [0.2, 0.25) is 11.9 Å². The molecule has 0 bridgehead atoms. The standard InChI is InChI=1S/C77H52N10/c1-6-20-49(21-7-1)64-46-65(50-22-8-2-9-23-50)82-77(81-64)87-71-41-37-54(45-63(71)75-73(87)59-31-17-19-33-67(59)84(75)56-26-12-4-13-27-56)52-35-39-69-61(43-52)60-42-51(34-38-68(60)86(69)76-79-47-78-48-80-76)53-36-40-70-62(44-53)74-72(85(70)57-28-14-5-15-29-57)58-30-16-18-32-66(58)83(74)55-24-10-3-11-25-55/h1-48,72-75H. The van der Waals surface area contributed by atoms with Crippen molar-refractivity contribution in [3.63, 3.8) is 0 Å². The van der Waals surface area contributed by atoms with E-state index in [-0.39, 0.29) is 24.2 Å². The molecule has 10 nitrogen and oxygen atoms in total. The van der Waals surface area contributed by atoms with Gasteiger partial charge in [-0.15, -0.1) is 0 Å². The molecule has 410 valence electrons. The van der Waals surface area contributed by atoms with Crippen LogP contribution in [0, 0.1) is 0 Å². The molecule has 0 spiro atoms. The first-order chi connectivity index (χ1) is 43.2. The quantitative estimate of drug-likeness (QED) is 0.140. The van der Waals surface area contributed by atoms with Crippen molar-refractivity contribution in [2.75, 3.05) is 19.6 Å². The van der Waals surface area contributed by atoms with Crippen LogP contribution in [-0.2, 0) is 0 Å². The summed E-state index contributed by atoms with van der Waals surface area (Å²) >= 11 is 0. The van der Waals surface area contributed by atoms with Gasteiger partial charge in [0, 0.05) is 78.3 Å². The Bertz CT molecular complexity index is 4930. The minimum Gasteiger partial charge on any atom is -0.331 e. The molecule has 3 aromatic heterocycles. The number of hydrogen-bond acceptors (Lipinski definition) is 9. The second-order valence-corrected chi connectivity index (χ2v) is 22.8. The fourth-order valence-electron chi connectivity index (χ4n) is 14.6. The molecule has 0 radical (unpaired) electrons. The van der Waals surface area contributed by atoms with E-state index in [1.807, 2.05) is 0 Å². The first-order valence-electron chi connectivity index (χ1n) is 29.7. The third-order valence-corrected chi connectivity index (χ3v) is 18.2. The van der Waals surface area contributed by atoms with Crippen molar-refractivity contribution >= 4 is 67.6 Å². The van der Waals surface area contributed by atoms with Gasteiger partial charge in [0.25, 0.3) is 0 Å². The van der Waals surface area contributed by atoms with Gasteiger partial charge in [-0.05, 0) is 125 Å². The highest BCUT2D eigenvalue weighted by Gasteiger charge is 2.52. The molecule has 4 aliphatic heterocycles. The summed E-state index contributed by atoms with van der Waals surface area (Å²) in [4.78, 5) is 34.7. The van der Waals surface area contributed by atoms with E-state index in [9.17, 15) is 0 Å². The minimum atomic E-state index is -0.141. The fourth-order valence-corrected chi connectivity index (χ4v) is 14.6. The van der Waals surface area contributed by atoms with Crippen molar-refractivity contribution in [2.24, 2.45) is 0 Å². The predicted molar refractivity (Wildman–Crippen MR) is 350 cm³/mol. The Hall–Kier alpha value is -11.5. The summed E-state index contributed by atoms with van der Waals surface area (Å²) in [5, 5.41) is 2.20. The normalized spacial score (nSPS) is 16.9. The Balaban J connectivity index is 0.804. The highest BCUT2D eigenvalue weighted by atomic mass is 15.4. The van der Waals surface area contributed by atoms with Gasteiger partial charge in [0.15, 0.2) is 0 Å². The first kappa shape index (κ1) is 49.0. The lowest BCUT2D eigenvalue weighted by molar-refractivity contribution is 0.626. The van der Waals surface area contributed by atoms with Crippen LogP contribution >= 0.6 is 0 Å². The number of fused-ring (bicyclic) bond motifs is 13. The van der Waals surface area contributed by atoms with E-state index in [2.05, 4.69) is 308 Å². The predicted octanol–water partition coefficient (Wildman–Crippen LogP) is 18.6. The summed E-state index contributed by atoms with van der Waals surface area (Å²) in [6, 6.07) is 101. The van der Waals surface area contributed by atoms with E-state index in [0.29, 0.717) is 11.9 Å². The lowest BCUT2D eigenvalue weighted by Gasteiger charge is -2.29. The molecule has 14 aromatic rings. The average molecular weight is 1120 g/mol. The number of nitrogens with zero attached hydrogens (tertiary/aromatic N) is 10. The molecule has 0 N–H and O–H groups in total. The van der Waals surface area contributed by atoms with Gasteiger partial charge in [-0.2, -0.15) is 0 Å². The van der Waals surface area contributed by atoms with Gasteiger partial charge >= 0.3 is 0 Å². The van der Waals surface area contributed by atoms with Crippen LogP contribution in [0.4, 0.5) is 45.8 Å². The van der Waals surface area contributed by atoms with Crippen molar-refractivity contribution in [1.82, 2.24) is 29.5 Å². The molecule has 4 atom stereocenters. The van der Waals surface area contributed by atoms with Gasteiger partial charge in [-0.1, -0.05) is 176 Å². The second-order valence-electron chi connectivity index (χ2n) is 22.8. The third-order valence-electron chi connectivity index (χ3n) is 18.2.